The molecule has 0 aromatic heterocycles. The van der Waals surface area contributed by atoms with Crippen LogP contribution in [0.5, 0.6) is 0 Å². The van der Waals surface area contributed by atoms with E-state index in [-0.39, 0.29) is 48.8 Å². The van der Waals surface area contributed by atoms with Gasteiger partial charge in [0.05, 0.1) is 29.6 Å². The number of allylic oxidation sites excluding steroid dienone is 1. The van der Waals surface area contributed by atoms with E-state index in [0.717, 1.165) is 16.4 Å². The minimum Gasteiger partial charge on any atom is -0.462 e. The molecular formula is C44H62O9Si2. The van der Waals surface area contributed by atoms with Crippen LogP contribution in [0.1, 0.15) is 60.3 Å². The molecule has 9 nitrogen and oxygen atoms in total. The van der Waals surface area contributed by atoms with Crippen LogP contribution in [0.15, 0.2) is 72.8 Å². The lowest BCUT2D eigenvalue weighted by Gasteiger charge is -2.63. The minimum atomic E-state index is -2.95. The summed E-state index contributed by atoms with van der Waals surface area (Å²) in [6, 6.07) is 21.8. The van der Waals surface area contributed by atoms with E-state index in [0.29, 0.717) is 26.1 Å². The normalized spacial score (nSPS) is 33.5. The summed E-state index contributed by atoms with van der Waals surface area (Å²) in [5.41, 5.74) is -3.85. The first-order valence-electron chi connectivity index (χ1n) is 20.1. The molecule has 11 heteroatoms. The van der Waals surface area contributed by atoms with Gasteiger partial charge in [-0.2, -0.15) is 0 Å². The summed E-state index contributed by atoms with van der Waals surface area (Å²) in [5.74, 6) is -3.98. The Hall–Kier alpha value is -2.78. The van der Waals surface area contributed by atoms with Gasteiger partial charge in [-0.25, -0.2) is 0 Å². The van der Waals surface area contributed by atoms with Gasteiger partial charge in [-0.15, -0.1) is 0 Å². The molecular weight excluding hydrogens is 729 g/mol. The number of aliphatic hydroxyl groups excluding tert-OH is 1. The molecule has 2 N–H and O–H groups in total. The molecule has 0 amide bonds. The zero-order valence-electron chi connectivity index (χ0n) is 34.0. The first-order chi connectivity index (χ1) is 25.8. The number of carbonyl (C=O) groups excluding carboxylic acids is 3. The average Bonchev–Trinajstić information content (AvgIpc) is 3.37. The van der Waals surface area contributed by atoms with Crippen molar-refractivity contribution in [2.24, 2.45) is 34.5 Å². The molecule has 2 aromatic rings. The number of esters is 1. The van der Waals surface area contributed by atoms with Crippen molar-refractivity contribution in [3.63, 3.8) is 0 Å². The Morgan fingerprint density at radius 1 is 0.964 bits per heavy atom. The molecule has 0 heterocycles. The van der Waals surface area contributed by atoms with E-state index in [1.54, 1.807) is 0 Å². The largest absolute Gasteiger partial charge is 0.462 e. The Labute approximate surface area is 329 Å². The Morgan fingerprint density at radius 3 is 2.15 bits per heavy atom. The lowest BCUT2D eigenvalue weighted by molar-refractivity contribution is -0.248. The van der Waals surface area contributed by atoms with Crippen LogP contribution in [0.3, 0.4) is 0 Å². The fourth-order valence-corrected chi connectivity index (χ4v) is 16.3. The first-order valence-corrected chi connectivity index (χ1v) is 25.7. The molecule has 4 aliphatic rings. The van der Waals surface area contributed by atoms with Gasteiger partial charge in [-0.05, 0) is 52.7 Å². The van der Waals surface area contributed by atoms with Crippen molar-refractivity contribution in [3.8, 4) is 0 Å². The summed E-state index contributed by atoms with van der Waals surface area (Å²) < 4.78 is 25.6. The number of carbonyl (C=O) groups is 3. The predicted octanol–water partition coefficient (Wildman–Crippen LogP) is 5.68. The highest BCUT2D eigenvalue weighted by molar-refractivity contribution is 6.99. The van der Waals surface area contributed by atoms with E-state index in [1.165, 1.54) is 19.1 Å². The summed E-state index contributed by atoms with van der Waals surface area (Å²) in [6.07, 6.45) is 1.87. The number of Topliss-reactive ketones (excluding diaryl/α,β-unsaturated/α-hetero) is 1. The molecule has 3 saturated carbocycles. The number of hydrogen-bond donors (Lipinski definition) is 2. The van der Waals surface area contributed by atoms with Gasteiger partial charge in [0.15, 0.2) is 5.78 Å². The Kier molecular flexibility index (Phi) is 11.8. The maximum absolute atomic E-state index is 14.6. The average molecular weight is 791 g/mol. The fourth-order valence-electron chi connectivity index (χ4n) is 10.9. The van der Waals surface area contributed by atoms with Gasteiger partial charge in [-0.3, -0.25) is 14.4 Å². The standard InChI is InChI=1S/C44H62O9Si2/c1-30(45)53-37-26-42(5)31(27-52-55(41(2,3)4,32-15-11-9-12-16-32)33-17-13-10-14-18-33)21-22-44(42,49)39-36(47)25-34-35(46)19-20-38(48)43(34,40(37)39)28-51-29-50-23-24-54(6,7)8/h9-20,31,34-35,37,39-40,46,49H,21-29H2,1-8H3/t31-,34-,35+,37-,39-,40+,42-,43-,44+/m1/s1. The van der Waals surface area contributed by atoms with Crippen molar-refractivity contribution in [1.82, 2.24) is 0 Å². The number of ketones is 2. The Morgan fingerprint density at radius 2 is 1.58 bits per heavy atom. The molecule has 4 aliphatic carbocycles. The monoisotopic (exact) mass is 790 g/mol. The Balaban J connectivity index is 1.38. The van der Waals surface area contributed by atoms with Crippen molar-refractivity contribution in [1.29, 1.82) is 0 Å². The fraction of sp³-hybridized carbons (Fsp3) is 0.614. The van der Waals surface area contributed by atoms with E-state index in [1.807, 2.05) is 19.1 Å². The molecule has 6 rings (SSSR count). The number of fused-ring (bicyclic) bond motifs is 5. The number of ether oxygens (including phenoxy) is 3. The highest BCUT2D eigenvalue weighted by Crippen LogP contribution is 2.68. The van der Waals surface area contributed by atoms with Gasteiger partial charge >= 0.3 is 5.97 Å². The third-order valence-electron chi connectivity index (χ3n) is 13.7. The second-order valence-corrected chi connectivity index (χ2v) is 29.1. The smallest absolute Gasteiger partial charge is 0.302 e. The van der Waals surface area contributed by atoms with Crippen LogP contribution >= 0.6 is 0 Å². The number of hydrogen-bond acceptors (Lipinski definition) is 9. The molecule has 300 valence electrons. The van der Waals surface area contributed by atoms with Crippen molar-refractivity contribution in [2.45, 2.75) is 109 Å². The third-order valence-corrected chi connectivity index (χ3v) is 20.5. The lowest BCUT2D eigenvalue weighted by atomic mass is 9.42. The van der Waals surface area contributed by atoms with Crippen LogP contribution in [0.4, 0.5) is 0 Å². The van der Waals surface area contributed by atoms with Gasteiger partial charge in [0.2, 0.25) is 0 Å². The predicted molar refractivity (Wildman–Crippen MR) is 217 cm³/mol. The van der Waals surface area contributed by atoms with Crippen molar-refractivity contribution in [2.75, 3.05) is 26.6 Å². The molecule has 9 atom stereocenters. The van der Waals surface area contributed by atoms with Crippen LogP contribution in [0, 0.1) is 34.5 Å². The molecule has 0 bridgehead atoms. The quantitative estimate of drug-likeness (QED) is 0.114. The van der Waals surface area contributed by atoms with Crippen LogP contribution in [0.25, 0.3) is 0 Å². The van der Waals surface area contributed by atoms with Gasteiger partial charge < -0.3 is 28.8 Å². The van der Waals surface area contributed by atoms with E-state index in [9.17, 15) is 24.6 Å². The molecule has 55 heavy (non-hydrogen) atoms. The second-order valence-electron chi connectivity index (χ2n) is 19.1. The van der Waals surface area contributed by atoms with Crippen molar-refractivity contribution in [3.05, 3.63) is 72.8 Å². The van der Waals surface area contributed by atoms with Crippen LogP contribution < -0.4 is 10.4 Å². The molecule has 0 aliphatic heterocycles. The zero-order chi connectivity index (χ0) is 40.0. The lowest BCUT2D eigenvalue weighted by Crippen LogP contribution is -2.73. The van der Waals surface area contributed by atoms with Crippen LogP contribution in [-0.2, 0) is 33.0 Å². The van der Waals surface area contributed by atoms with E-state index < -0.39 is 68.8 Å². The van der Waals surface area contributed by atoms with E-state index in [4.69, 9.17) is 18.6 Å². The molecule has 2 aromatic carbocycles. The maximum Gasteiger partial charge on any atom is 0.302 e. The van der Waals surface area contributed by atoms with Gasteiger partial charge in [0.25, 0.3) is 8.32 Å². The molecule has 0 spiro atoms. The minimum absolute atomic E-state index is 0.0563. The summed E-state index contributed by atoms with van der Waals surface area (Å²) in [7, 11) is -4.30. The third kappa shape index (κ3) is 7.32. The SMILES string of the molecule is CC(=O)O[C@@H]1C[C@]2(C)[C@@H](CO[Si](c3ccccc3)(c3ccccc3)C(C)(C)C)CC[C@]2(O)[C@@H]2C(=O)C[C@@H]3[C@@H](O)C=CC(=O)[C@]3(COCOCC[Si](C)(C)C)[C@H]21. The van der Waals surface area contributed by atoms with E-state index >= 15 is 0 Å². The highest BCUT2D eigenvalue weighted by atomic mass is 28.4. The van der Waals surface area contributed by atoms with Gasteiger partial charge in [0, 0.05) is 51.9 Å². The summed E-state index contributed by atoms with van der Waals surface area (Å²) >= 11 is 0. The maximum atomic E-state index is 14.6. The van der Waals surface area contributed by atoms with Crippen LogP contribution in [-0.4, -0.2) is 88.6 Å². The molecule has 0 unspecified atom stereocenters. The van der Waals surface area contributed by atoms with E-state index in [2.05, 4.69) is 88.9 Å². The second kappa shape index (κ2) is 15.5. The Bertz CT molecular complexity index is 1700. The molecule has 3 fully saturated rings. The summed E-state index contributed by atoms with van der Waals surface area (Å²) in [4.78, 5) is 41.9. The van der Waals surface area contributed by atoms with Crippen LogP contribution in [0.2, 0.25) is 30.7 Å². The first kappa shape index (κ1) is 41.8. The topological polar surface area (TPSA) is 129 Å². The van der Waals surface area contributed by atoms with Crippen molar-refractivity contribution >= 4 is 44.3 Å². The molecule has 0 saturated heterocycles. The summed E-state index contributed by atoms with van der Waals surface area (Å²) in [5, 5.41) is 26.6. The van der Waals surface area contributed by atoms with Gasteiger partial charge in [-0.1, -0.05) is 114 Å². The van der Waals surface area contributed by atoms with Crippen molar-refractivity contribution < 1.29 is 43.2 Å². The zero-order valence-corrected chi connectivity index (χ0v) is 36.0. The highest BCUT2D eigenvalue weighted by Gasteiger charge is 2.75. The molecule has 0 radical (unpaired) electrons. The number of aliphatic hydroxyl groups is 2. The number of rotatable bonds is 13. The number of benzene rings is 2. The van der Waals surface area contributed by atoms with Gasteiger partial charge in [0.1, 0.15) is 18.7 Å². The summed E-state index contributed by atoms with van der Waals surface area (Å²) in [6.45, 7) is 17.5.